The van der Waals surface area contributed by atoms with E-state index < -0.39 is 18.6 Å². The summed E-state index contributed by atoms with van der Waals surface area (Å²) in [5.74, 6) is -0.521. The molecule has 0 saturated heterocycles. The molecule has 1 amide bonds. The van der Waals surface area contributed by atoms with E-state index >= 15 is 0 Å². The first-order chi connectivity index (χ1) is 7.90. The fourth-order valence-corrected chi connectivity index (χ4v) is 1.97. The van der Waals surface area contributed by atoms with Gasteiger partial charge in [-0.1, -0.05) is 19.1 Å². The summed E-state index contributed by atoms with van der Waals surface area (Å²) < 4.78 is 36.8. The van der Waals surface area contributed by atoms with E-state index in [4.69, 9.17) is 0 Å². The van der Waals surface area contributed by atoms with Crippen LogP contribution in [0.2, 0.25) is 0 Å². The van der Waals surface area contributed by atoms with Crippen molar-refractivity contribution >= 4 is 5.91 Å². The highest BCUT2D eigenvalue weighted by molar-refractivity contribution is 5.98. The van der Waals surface area contributed by atoms with Crippen molar-refractivity contribution in [1.29, 1.82) is 0 Å². The maximum absolute atomic E-state index is 12.3. The number of carbonyl (C=O) groups is 1. The van der Waals surface area contributed by atoms with Gasteiger partial charge in [0.25, 0.3) is 5.91 Å². The summed E-state index contributed by atoms with van der Waals surface area (Å²) in [7, 11) is 0. The van der Waals surface area contributed by atoms with Crippen molar-refractivity contribution in [1.82, 2.24) is 4.90 Å². The monoisotopic (exact) mass is 243 g/mol. The minimum absolute atomic E-state index is 0.0532. The van der Waals surface area contributed by atoms with E-state index in [9.17, 15) is 18.0 Å². The lowest BCUT2D eigenvalue weighted by Crippen LogP contribution is -2.34. The molecule has 1 aliphatic heterocycles. The third-order valence-corrected chi connectivity index (χ3v) is 2.83. The Morgan fingerprint density at radius 3 is 2.65 bits per heavy atom. The molecule has 0 saturated carbocycles. The first kappa shape index (κ1) is 12.0. The van der Waals surface area contributed by atoms with Crippen molar-refractivity contribution in [3.8, 4) is 0 Å². The summed E-state index contributed by atoms with van der Waals surface area (Å²) in [6.07, 6.45) is -3.58. The third-order valence-electron chi connectivity index (χ3n) is 2.83. The number of halogens is 3. The minimum Gasteiger partial charge on any atom is -0.325 e. The molecule has 1 heterocycles. The van der Waals surface area contributed by atoms with Crippen LogP contribution in [0.15, 0.2) is 18.2 Å². The van der Waals surface area contributed by atoms with Crippen LogP contribution in [0, 0.1) is 0 Å². The second-order valence-electron chi connectivity index (χ2n) is 4.12. The Hall–Kier alpha value is -1.52. The number of rotatable bonds is 2. The Labute approximate surface area is 97.0 Å². The molecule has 0 N–H and O–H groups in total. The molecule has 17 heavy (non-hydrogen) atoms. The number of benzene rings is 1. The maximum atomic E-state index is 12.3. The number of hydrogen-bond acceptors (Lipinski definition) is 1. The molecule has 2 rings (SSSR count). The van der Waals surface area contributed by atoms with Crippen molar-refractivity contribution in [2.45, 2.75) is 26.1 Å². The van der Waals surface area contributed by atoms with Crippen molar-refractivity contribution < 1.29 is 18.0 Å². The van der Waals surface area contributed by atoms with E-state index in [1.807, 2.05) is 13.0 Å². The normalized spacial score (nSPS) is 15.3. The third kappa shape index (κ3) is 2.43. The zero-order chi connectivity index (χ0) is 12.6. The molecule has 92 valence electrons. The maximum Gasteiger partial charge on any atom is 0.406 e. The van der Waals surface area contributed by atoms with Crippen LogP contribution in [0.25, 0.3) is 0 Å². The quantitative estimate of drug-likeness (QED) is 0.782. The second kappa shape index (κ2) is 4.05. The van der Waals surface area contributed by atoms with Gasteiger partial charge in [0.05, 0.1) is 0 Å². The molecule has 0 aromatic heterocycles. The van der Waals surface area contributed by atoms with Crippen molar-refractivity contribution in [2.24, 2.45) is 0 Å². The molecule has 0 aliphatic carbocycles. The molecule has 1 aromatic rings. The number of aryl methyl sites for hydroxylation is 1. The van der Waals surface area contributed by atoms with Crippen LogP contribution in [0.5, 0.6) is 0 Å². The van der Waals surface area contributed by atoms with Crippen molar-refractivity contribution in [3.63, 3.8) is 0 Å². The number of hydrogen-bond donors (Lipinski definition) is 0. The average molecular weight is 243 g/mol. The average Bonchev–Trinajstić information content (AvgIpc) is 2.53. The molecule has 0 atom stereocenters. The van der Waals surface area contributed by atoms with Crippen LogP contribution < -0.4 is 0 Å². The molecule has 2 nitrogen and oxygen atoms in total. The van der Waals surface area contributed by atoms with Gasteiger partial charge in [-0.3, -0.25) is 4.79 Å². The van der Waals surface area contributed by atoms with E-state index in [0.29, 0.717) is 11.1 Å². The van der Waals surface area contributed by atoms with Crippen LogP contribution in [0.4, 0.5) is 13.2 Å². The minimum atomic E-state index is -4.34. The SMILES string of the molecule is CCc1ccc2c(c1)C(=O)N(CC(F)(F)F)C2. The van der Waals surface area contributed by atoms with Crippen molar-refractivity contribution in [3.05, 3.63) is 34.9 Å². The molecule has 1 aromatic carbocycles. The number of nitrogens with zero attached hydrogens (tertiary/aromatic N) is 1. The van der Waals surface area contributed by atoms with Gasteiger partial charge >= 0.3 is 6.18 Å². The van der Waals surface area contributed by atoms with Gasteiger partial charge in [-0.25, -0.2) is 0 Å². The van der Waals surface area contributed by atoms with E-state index in [2.05, 4.69) is 0 Å². The van der Waals surface area contributed by atoms with E-state index in [-0.39, 0.29) is 6.54 Å². The Bertz CT molecular complexity index is 454. The van der Waals surface area contributed by atoms with Gasteiger partial charge in [0.1, 0.15) is 6.54 Å². The predicted molar refractivity (Wildman–Crippen MR) is 56.6 cm³/mol. The zero-order valence-electron chi connectivity index (χ0n) is 9.34. The standard InChI is InChI=1S/C12H12F3NO/c1-2-8-3-4-9-6-16(7-12(13,14)15)11(17)10(9)5-8/h3-5H,2,6-7H2,1H3. The number of amides is 1. The largest absolute Gasteiger partial charge is 0.406 e. The molecule has 0 bridgehead atoms. The molecular formula is C12H12F3NO. The Morgan fingerprint density at radius 1 is 1.35 bits per heavy atom. The predicted octanol–water partition coefficient (Wildman–Crippen LogP) is 2.77. The first-order valence-electron chi connectivity index (χ1n) is 5.38. The fourth-order valence-electron chi connectivity index (χ4n) is 1.97. The molecule has 0 unspecified atom stereocenters. The highest BCUT2D eigenvalue weighted by Gasteiger charge is 2.37. The van der Waals surface area contributed by atoms with Gasteiger partial charge in [0.2, 0.25) is 0 Å². The van der Waals surface area contributed by atoms with Crippen LogP contribution in [-0.4, -0.2) is 23.5 Å². The van der Waals surface area contributed by atoms with Gasteiger partial charge in [-0.2, -0.15) is 13.2 Å². The summed E-state index contributed by atoms with van der Waals surface area (Å²) in [4.78, 5) is 12.6. The van der Waals surface area contributed by atoms with Gasteiger partial charge < -0.3 is 4.90 Å². The summed E-state index contributed by atoms with van der Waals surface area (Å²) in [6.45, 7) is 0.814. The van der Waals surface area contributed by atoms with Crippen LogP contribution in [-0.2, 0) is 13.0 Å². The fraction of sp³-hybridized carbons (Fsp3) is 0.417. The summed E-state index contributed by atoms with van der Waals surface area (Å²) in [5, 5.41) is 0. The van der Waals surface area contributed by atoms with Gasteiger partial charge in [-0.05, 0) is 23.6 Å². The lowest BCUT2D eigenvalue weighted by Gasteiger charge is -2.17. The van der Waals surface area contributed by atoms with Crippen LogP contribution in [0.1, 0.15) is 28.4 Å². The smallest absolute Gasteiger partial charge is 0.325 e. The number of alkyl halides is 3. The highest BCUT2D eigenvalue weighted by atomic mass is 19.4. The lowest BCUT2D eigenvalue weighted by atomic mass is 10.0. The molecule has 0 fully saturated rings. The lowest BCUT2D eigenvalue weighted by molar-refractivity contribution is -0.140. The zero-order valence-corrected chi connectivity index (χ0v) is 9.34. The van der Waals surface area contributed by atoms with Gasteiger partial charge in [0, 0.05) is 12.1 Å². The van der Waals surface area contributed by atoms with Crippen molar-refractivity contribution in [2.75, 3.05) is 6.54 Å². The Morgan fingerprint density at radius 2 is 2.06 bits per heavy atom. The number of carbonyl (C=O) groups excluding carboxylic acids is 1. The highest BCUT2D eigenvalue weighted by Crippen LogP contribution is 2.27. The van der Waals surface area contributed by atoms with Crippen LogP contribution in [0.3, 0.4) is 0 Å². The second-order valence-corrected chi connectivity index (χ2v) is 4.12. The van der Waals surface area contributed by atoms with E-state index in [0.717, 1.165) is 16.9 Å². The Kier molecular flexibility index (Phi) is 2.85. The van der Waals surface area contributed by atoms with Crippen LogP contribution >= 0.6 is 0 Å². The molecule has 0 radical (unpaired) electrons. The summed E-state index contributed by atoms with van der Waals surface area (Å²) in [5.41, 5.74) is 2.05. The van der Waals surface area contributed by atoms with E-state index in [1.54, 1.807) is 12.1 Å². The molecule has 5 heteroatoms. The molecule has 1 aliphatic rings. The summed E-state index contributed by atoms with van der Waals surface area (Å²) in [6, 6.07) is 5.28. The molecular weight excluding hydrogens is 231 g/mol. The molecule has 0 spiro atoms. The first-order valence-corrected chi connectivity index (χ1v) is 5.38. The topological polar surface area (TPSA) is 20.3 Å². The Balaban J connectivity index is 2.24. The van der Waals surface area contributed by atoms with Gasteiger partial charge in [0.15, 0.2) is 0 Å². The van der Waals surface area contributed by atoms with Gasteiger partial charge in [-0.15, -0.1) is 0 Å². The summed E-state index contributed by atoms with van der Waals surface area (Å²) >= 11 is 0. The number of fused-ring (bicyclic) bond motifs is 1. The van der Waals surface area contributed by atoms with E-state index in [1.165, 1.54) is 0 Å².